The van der Waals surface area contributed by atoms with Gasteiger partial charge in [-0.25, -0.2) is 0 Å². The molecular formula is C18H20ClNO2. The first-order valence-corrected chi connectivity index (χ1v) is 7.46. The lowest BCUT2D eigenvalue weighted by Gasteiger charge is -2.29. The second-order valence-electron chi connectivity index (χ2n) is 5.69. The summed E-state index contributed by atoms with van der Waals surface area (Å²) in [6, 6.07) is 14.8. The number of methoxy groups -OCH3 is 1. The van der Waals surface area contributed by atoms with E-state index in [-0.39, 0.29) is 12.4 Å². The minimum Gasteiger partial charge on any atom is -0.496 e. The molecule has 0 saturated carbocycles. The quantitative estimate of drug-likeness (QED) is 0.921. The third-order valence-corrected chi connectivity index (χ3v) is 4.61. The minimum atomic E-state index is 0. The van der Waals surface area contributed by atoms with Crippen LogP contribution in [0.15, 0.2) is 42.5 Å². The molecule has 2 heterocycles. The first kappa shape index (κ1) is 15.3. The summed E-state index contributed by atoms with van der Waals surface area (Å²) in [7, 11) is 1.72. The van der Waals surface area contributed by atoms with Crippen molar-refractivity contribution in [2.24, 2.45) is 0 Å². The molecule has 22 heavy (non-hydrogen) atoms. The predicted octanol–water partition coefficient (Wildman–Crippen LogP) is 3.37. The second kappa shape index (κ2) is 6.29. The molecule has 0 amide bonds. The van der Waals surface area contributed by atoms with Crippen molar-refractivity contribution in [1.82, 2.24) is 5.32 Å². The summed E-state index contributed by atoms with van der Waals surface area (Å²) in [6.45, 7) is 2.66. The molecule has 2 aliphatic rings. The van der Waals surface area contributed by atoms with E-state index < -0.39 is 0 Å². The van der Waals surface area contributed by atoms with Gasteiger partial charge in [-0.05, 0) is 22.8 Å². The maximum atomic E-state index is 6.06. The Hall–Kier alpha value is -1.55. The maximum absolute atomic E-state index is 6.06. The maximum Gasteiger partial charge on any atom is 0.126 e. The van der Waals surface area contributed by atoms with E-state index >= 15 is 0 Å². The fourth-order valence-electron chi connectivity index (χ4n) is 3.56. The van der Waals surface area contributed by atoms with E-state index in [0.717, 1.165) is 24.4 Å². The van der Waals surface area contributed by atoms with E-state index in [1.54, 1.807) is 7.11 Å². The fraction of sp³-hybridized carbons (Fsp3) is 0.333. The van der Waals surface area contributed by atoms with Crippen molar-refractivity contribution in [2.45, 2.75) is 18.6 Å². The van der Waals surface area contributed by atoms with Gasteiger partial charge in [-0.3, -0.25) is 0 Å². The molecule has 3 nitrogen and oxygen atoms in total. The zero-order chi connectivity index (χ0) is 14.2. The molecular weight excluding hydrogens is 298 g/mol. The Morgan fingerprint density at radius 1 is 1.05 bits per heavy atom. The number of halogens is 1. The molecule has 2 aromatic carbocycles. The molecule has 0 radical (unpaired) electrons. The van der Waals surface area contributed by atoms with Gasteiger partial charge in [-0.15, -0.1) is 12.4 Å². The van der Waals surface area contributed by atoms with Gasteiger partial charge in [0.25, 0.3) is 0 Å². The van der Waals surface area contributed by atoms with Gasteiger partial charge in [0.1, 0.15) is 5.75 Å². The lowest BCUT2D eigenvalue weighted by atomic mass is 9.85. The highest BCUT2D eigenvalue weighted by molar-refractivity contribution is 5.85. The highest BCUT2D eigenvalue weighted by Gasteiger charge is 2.35. The van der Waals surface area contributed by atoms with Crippen LogP contribution in [0.2, 0.25) is 0 Å². The molecule has 1 fully saturated rings. The third-order valence-electron chi connectivity index (χ3n) is 4.61. The van der Waals surface area contributed by atoms with Crippen LogP contribution in [-0.2, 0) is 11.3 Å². The highest BCUT2D eigenvalue weighted by Crippen LogP contribution is 2.40. The van der Waals surface area contributed by atoms with E-state index in [2.05, 4.69) is 35.6 Å². The number of hydrogen-bond acceptors (Lipinski definition) is 3. The Morgan fingerprint density at radius 2 is 1.86 bits per heavy atom. The van der Waals surface area contributed by atoms with Gasteiger partial charge in [0, 0.05) is 24.6 Å². The predicted molar refractivity (Wildman–Crippen MR) is 89.9 cm³/mol. The summed E-state index contributed by atoms with van der Waals surface area (Å²) in [4.78, 5) is 0. The molecule has 0 bridgehead atoms. The average Bonchev–Trinajstić information content (AvgIpc) is 3.03. The van der Waals surface area contributed by atoms with Crippen molar-refractivity contribution >= 4 is 12.4 Å². The lowest BCUT2D eigenvalue weighted by Crippen LogP contribution is -2.27. The molecule has 0 spiro atoms. The van der Waals surface area contributed by atoms with Crippen LogP contribution in [0, 0.1) is 0 Å². The van der Waals surface area contributed by atoms with Crippen molar-refractivity contribution in [1.29, 1.82) is 0 Å². The molecule has 2 aromatic rings. The number of rotatable bonds is 2. The van der Waals surface area contributed by atoms with Crippen molar-refractivity contribution in [3.8, 4) is 16.9 Å². The Labute approximate surface area is 137 Å². The van der Waals surface area contributed by atoms with E-state index in [1.165, 1.54) is 16.7 Å². The number of benzene rings is 2. The van der Waals surface area contributed by atoms with Crippen LogP contribution in [0.1, 0.15) is 17.0 Å². The minimum absolute atomic E-state index is 0. The zero-order valence-corrected chi connectivity index (χ0v) is 13.4. The number of fused-ring (bicyclic) bond motifs is 3. The van der Waals surface area contributed by atoms with Gasteiger partial charge < -0.3 is 14.8 Å². The molecule has 4 heteroatoms. The molecule has 1 saturated heterocycles. The first-order valence-electron chi connectivity index (χ1n) is 7.46. The summed E-state index contributed by atoms with van der Waals surface area (Å²) in [5, 5.41) is 3.44. The van der Waals surface area contributed by atoms with Gasteiger partial charge in [0.15, 0.2) is 0 Å². The number of para-hydroxylation sites is 1. The van der Waals surface area contributed by atoms with Crippen LogP contribution in [0.4, 0.5) is 0 Å². The summed E-state index contributed by atoms with van der Waals surface area (Å²) in [5.74, 6) is 1.39. The largest absolute Gasteiger partial charge is 0.496 e. The van der Waals surface area contributed by atoms with E-state index in [4.69, 9.17) is 9.47 Å². The molecule has 0 aliphatic carbocycles. The summed E-state index contributed by atoms with van der Waals surface area (Å²) in [5.41, 5.74) is 5.12. The van der Waals surface area contributed by atoms with Gasteiger partial charge in [-0.2, -0.15) is 0 Å². The van der Waals surface area contributed by atoms with Crippen LogP contribution in [0.25, 0.3) is 11.1 Å². The Kier molecular flexibility index (Phi) is 4.39. The van der Waals surface area contributed by atoms with E-state index in [1.807, 2.05) is 12.1 Å². The van der Waals surface area contributed by atoms with Crippen LogP contribution in [0.5, 0.6) is 5.75 Å². The molecule has 4 rings (SSSR count). The van der Waals surface area contributed by atoms with Crippen LogP contribution in [0.3, 0.4) is 0 Å². The zero-order valence-electron chi connectivity index (χ0n) is 12.5. The Bertz CT molecular complexity index is 674. The molecule has 2 unspecified atom stereocenters. The summed E-state index contributed by atoms with van der Waals surface area (Å²) >= 11 is 0. The molecule has 2 aliphatic heterocycles. The normalized spacial score (nSPS) is 22.4. The van der Waals surface area contributed by atoms with Crippen molar-refractivity contribution in [2.75, 3.05) is 20.2 Å². The molecule has 2 atom stereocenters. The average molecular weight is 318 g/mol. The van der Waals surface area contributed by atoms with Crippen LogP contribution < -0.4 is 10.1 Å². The van der Waals surface area contributed by atoms with Crippen molar-refractivity contribution in [3.05, 3.63) is 53.6 Å². The van der Waals surface area contributed by atoms with Crippen LogP contribution in [-0.4, -0.2) is 26.3 Å². The number of nitrogens with one attached hydrogen (secondary N) is 1. The molecule has 0 aromatic heterocycles. The topological polar surface area (TPSA) is 30.5 Å². The molecule has 1 N–H and O–H groups in total. The summed E-state index contributed by atoms with van der Waals surface area (Å²) in [6.07, 6.45) is 0.324. The number of ether oxygens (including phenoxy) is 2. The Balaban J connectivity index is 0.00000144. The van der Waals surface area contributed by atoms with E-state index in [9.17, 15) is 0 Å². The first-order chi connectivity index (χ1) is 10.4. The smallest absolute Gasteiger partial charge is 0.126 e. The second-order valence-corrected chi connectivity index (χ2v) is 5.69. The number of hydrogen-bond donors (Lipinski definition) is 1. The molecule has 116 valence electrons. The highest BCUT2D eigenvalue weighted by atomic mass is 35.5. The monoisotopic (exact) mass is 317 g/mol. The van der Waals surface area contributed by atoms with Crippen molar-refractivity contribution in [3.63, 3.8) is 0 Å². The van der Waals surface area contributed by atoms with Crippen LogP contribution >= 0.6 is 12.4 Å². The summed E-state index contributed by atoms with van der Waals surface area (Å²) < 4.78 is 11.6. The van der Waals surface area contributed by atoms with Gasteiger partial charge in [0.2, 0.25) is 0 Å². The standard InChI is InChI=1S/C18H19NO2.ClH/c1-20-17-8-3-2-5-14(17)12-6-4-7-13-15-9-19-10-18(15)21-11-16(12)13;/h2-8,15,18-19H,9-11H2,1H3;1H. The van der Waals surface area contributed by atoms with E-state index in [0.29, 0.717) is 18.6 Å². The van der Waals surface area contributed by atoms with Crippen molar-refractivity contribution < 1.29 is 9.47 Å². The lowest BCUT2D eigenvalue weighted by molar-refractivity contribution is 0.0302. The SMILES string of the molecule is COc1ccccc1-c1cccc2c1COC1CNCC21.Cl. The van der Waals surface area contributed by atoms with Gasteiger partial charge in [-0.1, -0.05) is 36.4 Å². The fourth-order valence-corrected chi connectivity index (χ4v) is 3.56. The Morgan fingerprint density at radius 3 is 2.73 bits per heavy atom. The van der Waals surface area contributed by atoms with Gasteiger partial charge in [0.05, 0.1) is 19.8 Å². The van der Waals surface area contributed by atoms with Gasteiger partial charge >= 0.3 is 0 Å². The third kappa shape index (κ3) is 2.39.